The van der Waals surface area contributed by atoms with E-state index in [0.717, 1.165) is 12.3 Å². The highest BCUT2D eigenvalue weighted by Crippen LogP contribution is 2.31. The van der Waals surface area contributed by atoms with Gasteiger partial charge in [0.15, 0.2) is 0 Å². The Hall–Kier alpha value is -0.180. The maximum Gasteiger partial charge on any atom is 0.233 e. The van der Waals surface area contributed by atoms with Gasteiger partial charge in [-0.3, -0.25) is 4.79 Å². The van der Waals surface area contributed by atoms with Crippen LogP contribution in [-0.4, -0.2) is 28.5 Å². The first-order valence-electron chi connectivity index (χ1n) is 3.79. The van der Waals surface area contributed by atoms with Crippen molar-refractivity contribution in [2.75, 3.05) is 12.3 Å². The topological polar surface area (TPSA) is 20.3 Å². The van der Waals surface area contributed by atoms with Crippen LogP contribution < -0.4 is 0 Å². The predicted octanol–water partition coefficient (Wildman–Crippen LogP) is 1.07. The van der Waals surface area contributed by atoms with Crippen LogP contribution in [0.15, 0.2) is 0 Å². The van der Waals surface area contributed by atoms with Crippen LogP contribution in [0.1, 0.15) is 19.3 Å². The van der Waals surface area contributed by atoms with Gasteiger partial charge < -0.3 is 4.90 Å². The molecule has 2 aliphatic heterocycles. The minimum atomic E-state index is 0.356. The van der Waals surface area contributed by atoms with E-state index < -0.39 is 0 Å². The number of amides is 1. The monoisotopic (exact) mass is 157 g/mol. The lowest BCUT2D eigenvalue weighted by Gasteiger charge is -2.28. The lowest BCUT2D eigenvalue weighted by Crippen LogP contribution is -2.36. The molecule has 2 rings (SSSR count). The number of thioether (sulfide) groups is 1. The third-order valence-electron chi connectivity index (χ3n) is 2.17. The summed E-state index contributed by atoms with van der Waals surface area (Å²) in [7, 11) is 0. The Morgan fingerprint density at radius 3 is 3.20 bits per heavy atom. The third kappa shape index (κ3) is 0.926. The molecule has 1 atom stereocenters. The average molecular weight is 157 g/mol. The normalized spacial score (nSPS) is 32.6. The average Bonchev–Trinajstić information content (AvgIpc) is 2.34. The van der Waals surface area contributed by atoms with E-state index >= 15 is 0 Å². The van der Waals surface area contributed by atoms with E-state index in [1.54, 1.807) is 0 Å². The summed E-state index contributed by atoms with van der Waals surface area (Å²) in [5.74, 6) is 1.08. The molecule has 1 amide bonds. The van der Waals surface area contributed by atoms with Crippen molar-refractivity contribution < 1.29 is 4.79 Å². The summed E-state index contributed by atoms with van der Waals surface area (Å²) in [6, 6.07) is 0. The van der Waals surface area contributed by atoms with Gasteiger partial charge in [0.05, 0.1) is 11.1 Å². The molecule has 0 aromatic carbocycles. The molecule has 0 N–H and O–H groups in total. The number of piperidine rings is 1. The van der Waals surface area contributed by atoms with Crippen molar-refractivity contribution in [3.63, 3.8) is 0 Å². The van der Waals surface area contributed by atoms with Crippen LogP contribution in [0.5, 0.6) is 0 Å². The lowest BCUT2D eigenvalue weighted by molar-refractivity contribution is -0.128. The minimum absolute atomic E-state index is 0.356. The zero-order valence-electron chi connectivity index (χ0n) is 5.88. The maximum absolute atomic E-state index is 11.1. The van der Waals surface area contributed by atoms with E-state index in [0.29, 0.717) is 11.3 Å². The van der Waals surface area contributed by atoms with Crippen molar-refractivity contribution in [1.29, 1.82) is 0 Å². The van der Waals surface area contributed by atoms with Gasteiger partial charge in [-0.25, -0.2) is 0 Å². The van der Waals surface area contributed by atoms with E-state index in [2.05, 4.69) is 0 Å². The molecule has 0 bridgehead atoms. The van der Waals surface area contributed by atoms with Gasteiger partial charge in [-0.05, 0) is 19.3 Å². The molecule has 3 heteroatoms. The van der Waals surface area contributed by atoms with Gasteiger partial charge in [0.2, 0.25) is 5.91 Å². The third-order valence-corrected chi connectivity index (χ3v) is 3.46. The molecule has 56 valence electrons. The van der Waals surface area contributed by atoms with Crippen LogP contribution in [0, 0.1) is 0 Å². The highest BCUT2D eigenvalue weighted by molar-refractivity contribution is 8.00. The van der Waals surface area contributed by atoms with Crippen molar-refractivity contribution >= 4 is 17.7 Å². The molecule has 0 unspecified atom stereocenters. The Morgan fingerprint density at radius 2 is 2.40 bits per heavy atom. The molecular formula is C7H11NOS. The van der Waals surface area contributed by atoms with Crippen LogP contribution >= 0.6 is 11.8 Å². The van der Waals surface area contributed by atoms with Crippen molar-refractivity contribution in [2.24, 2.45) is 0 Å². The summed E-state index contributed by atoms with van der Waals surface area (Å²) in [5, 5.41) is 0.543. The first kappa shape index (κ1) is 6.53. The van der Waals surface area contributed by atoms with Gasteiger partial charge in [0.1, 0.15) is 0 Å². The number of hydrogen-bond acceptors (Lipinski definition) is 2. The molecule has 0 radical (unpaired) electrons. The molecular weight excluding hydrogens is 146 g/mol. The smallest absolute Gasteiger partial charge is 0.233 e. The second-order valence-corrected chi connectivity index (χ2v) is 4.01. The zero-order chi connectivity index (χ0) is 6.97. The molecule has 2 nitrogen and oxygen atoms in total. The number of carbonyl (C=O) groups excluding carboxylic acids is 1. The van der Waals surface area contributed by atoms with Crippen LogP contribution in [0.25, 0.3) is 0 Å². The van der Waals surface area contributed by atoms with Crippen molar-refractivity contribution in [3.8, 4) is 0 Å². The van der Waals surface area contributed by atoms with Gasteiger partial charge in [-0.15, -0.1) is 11.8 Å². The standard InChI is InChI=1S/C7H11NOS/c9-6-5-10-7-3-1-2-4-8(6)7/h7H,1-5H2/t7-/m0/s1. The molecule has 2 fully saturated rings. The molecule has 0 aliphatic carbocycles. The molecule has 0 aromatic rings. The van der Waals surface area contributed by atoms with Gasteiger partial charge in [0, 0.05) is 6.54 Å². The van der Waals surface area contributed by atoms with Crippen LogP contribution in [0.2, 0.25) is 0 Å². The summed E-state index contributed by atoms with van der Waals surface area (Å²) in [6.45, 7) is 1.01. The largest absolute Gasteiger partial charge is 0.330 e. The summed E-state index contributed by atoms with van der Waals surface area (Å²) in [5.41, 5.74) is 0. The summed E-state index contributed by atoms with van der Waals surface area (Å²) < 4.78 is 0. The molecule has 0 aromatic heterocycles. The molecule has 10 heavy (non-hydrogen) atoms. The van der Waals surface area contributed by atoms with Crippen molar-refractivity contribution in [2.45, 2.75) is 24.6 Å². The second-order valence-electron chi connectivity index (χ2n) is 2.85. The first-order chi connectivity index (χ1) is 4.88. The molecule has 0 spiro atoms. The van der Waals surface area contributed by atoms with Gasteiger partial charge in [0.25, 0.3) is 0 Å². The SMILES string of the molecule is O=C1CS[C@H]2CCCCN12. The lowest BCUT2D eigenvalue weighted by atomic mass is 10.1. The number of rotatable bonds is 0. The van der Waals surface area contributed by atoms with E-state index in [4.69, 9.17) is 0 Å². The summed E-state index contributed by atoms with van der Waals surface area (Å²) in [6.07, 6.45) is 3.74. The van der Waals surface area contributed by atoms with E-state index in [-0.39, 0.29) is 0 Å². The van der Waals surface area contributed by atoms with Crippen molar-refractivity contribution in [1.82, 2.24) is 4.90 Å². The molecule has 0 saturated carbocycles. The summed E-state index contributed by atoms with van der Waals surface area (Å²) in [4.78, 5) is 13.1. The van der Waals surface area contributed by atoms with Gasteiger partial charge in [-0.1, -0.05) is 0 Å². The predicted molar refractivity (Wildman–Crippen MR) is 41.8 cm³/mol. The fourth-order valence-corrected chi connectivity index (χ4v) is 2.85. The van der Waals surface area contributed by atoms with E-state index in [1.165, 1.54) is 19.3 Å². The minimum Gasteiger partial charge on any atom is -0.330 e. The summed E-state index contributed by atoms with van der Waals surface area (Å²) >= 11 is 1.81. The highest BCUT2D eigenvalue weighted by Gasteiger charge is 2.32. The first-order valence-corrected chi connectivity index (χ1v) is 4.84. The van der Waals surface area contributed by atoms with Crippen LogP contribution in [-0.2, 0) is 4.79 Å². The Kier molecular flexibility index (Phi) is 1.60. The number of hydrogen-bond donors (Lipinski definition) is 0. The highest BCUT2D eigenvalue weighted by atomic mass is 32.2. The van der Waals surface area contributed by atoms with E-state index in [9.17, 15) is 4.79 Å². The quantitative estimate of drug-likeness (QED) is 0.524. The van der Waals surface area contributed by atoms with Gasteiger partial charge >= 0.3 is 0 Å². The number of carbonyl (C=O) groups is 1. The Labute approximate surface area is 65.0 Å². The van der Waals surface area contributed by atoms with Crippen molar-refractivity contribution in [3.05, 3.63) is 0 Å². The fourth-order valence-electron chi connectivity index (χ4n) is 1.61. The second kappa shape index (κ2) is 2.46. The molecule has 2 heterocycles. The fraction of sp³-hybridized carbons (Fsp3) is 0.857. The van der Waals surface area contributed by atoms with E-state index in [1.807, 2.05) is 16.7 Å². The number of nitrogens with zero attached hydrogens (tertiary/aromatic N) is 1. The zero-order valence-corrected chi connectivity index (χ0v) is 6.69. The van der Waals surface area contributed by atoms with Crippen LogP contribution in [0.4, 0.5) is 0 Å². The Morgan fingerprint density at radius 1 is 1.50 bits per heavy atom. The molecule has 2 aliphatic rings. The van der Waals surface area contributed by atoms with Gasteiger partial charge in [-0.2, -0.15) is 0 Å². The number of fused-ring (bicyclic) bond motifs is 1. The van der Waals surface area contributed by atoms with Crippen LogP contribution in [0.3, 0.4) is 0 Å². The Bertz CT molecular complexity index is 160. The maximum atomic E-state index is 11.1. The Balaban J connectivity index is 2.08. The molecule has 2 saturated heterocycles.